The number of halogens is 1. The van der Waals surface area contributed by atoms with E-state index in [0.717, 1.165) is 39.2 Å². The maximum Gasteiger partial charge on any atom is 0.160 e. The van der Waals surface area contributed by atoms with E-state index in [0.29, 0.717) is 10.8 Å². The van der Waals surface area contributed by atoms with Crippen LogP contribution in [0.25, 0.3) is 67.3 Å². The Morgan fingerprint density at radius 1 is 0.302 bits per heavy atom. The zero-order valence-corrected chi connectivity index (χ0v) is 24.1. The molecular formula is C40H27ClN2. The van der Waals surface area contributed by atoms with Crippen LogP contribution in [0.4, 0.5) is 0 Å². The van der Waals surface area contributed by atoms with Gasteiger partial charge in [0.1, 0.15) is 0 Å². The summed E-state index contributed by atoms with van der Waals surface area (Å²) in [6.45, 7) is 0. The summed E-state index contributed by atoms with van der Waals surface area (Å²) in [6.07, 6.45) is 0. The van der Waals surface area contributed by atoms with Gasteiger partial charge >= 0.3 is 0 Å². The Morgan fingerprint density at radius 3 is 1.30 bits per heavy atom. The summed E-state index contributed by atoms with van der Waals surface area (Å²) in [5.41, 5.74) is 11.7. The summed E-state index contributed by atoms with van der Waals surface area (Å²) in [5, 5.41) is 0.655. The van der Waals surface area contributed by atoms with Crippen molar-refractivity contribution in [3.8, 4) is 67.3 Å². The molecule has 7 aromatic rings. The van der Waals surface area contributed by atoms with Crippen molar-refractivity contribution in [3.63, 3.8) is 0 Å². The molecule has 0 unspecified atom stereocenters. The lowest BCUT2D eigenvalue weighted by atomic mass is 9.92. The van der Waals surface area contributed by atoms with E-state index in [1.165, 1.54) is 22.3 Å². The molecule has 0 aliphatic heterocycles. The highest BCUT2D eigenvalue weighted by Gasteiger charge is 2.13. The minimum absolute atomic E-state index is 0.640. The van der Waals surface area contributed by atoms with Crippen molar-refractivity contribution in [2.45, 2.75) is 0 Å². The van der Waals surface area contributed by atoms with Gasteiger partial charge in [-0.2, -0.15) is 0 Å². The zero-order valence-electron chi connectivity index (χ0n) is 23.4. The van der Waals surface area contributed by atoms with Crippen molar-refractivity contribution in [1.82, 2.24) is 9.97 Å². The maximum absolute atomic E-state index is 6.36. The lowest BCUT2D eigenvalue weighted by molar-refractivity contribution is 1.18. The van der Waals surface area contributed by atoms with E-state index in [4.69, 9.17) is 21.6 Å². The van der Waals surface area contributed by atoms with Crippen molar-refractivity contribution in [2.24, 2.45) is 0 Å². The molecule has 0 atom stereocenters. The first-order valence-electron chi connectivity index (χ1n) is 14.3. The van der Waals surface area contributed by atoms with E-state index in [1.807, 2.05) is 42.5 Å². The van der Waals surface area contributed by atoms with Crippen LogP contribution in [0.1, 0.15) is 0 Å². The minimum atomic E-state index is 0.640. The second-order valence-electron chi connectivity index (χ2n) is 10.5. The predicted molar refractivity (Wildman–Crippen MR) is 180 cm³/mol. The third-order valence-corrected chi connectivity index (χ3v) is 7.75. The SMILES string of the molecule is Clc1cccc(-c2nc(-c3ccccc3)cc(-c3cccc(-c4cc(-c5ccccc5)cc(-c5ccccc5)c4)c3)n2)c1. The van der Waals surface area contributed by atoms with Crippen LogP contribution in [0.5, 0.6) is 0 Å². The number of benzene rings is 6. The standard InChI is InChI=1S/C40H27ClN2/c41-37-21-11-20-33(26-37)40-42-38(30-16-8-3-9-17-30)27-39(43-40)32-19-10-18-31(22-32)36-24-34(28-12-4-1-5-13-28)23-35(25-36)29-14-6-2-7-15-29/h1-27H. The molecule has 0 fully saturated rings. The smallest absolute Gasteiger partial charge is 0.160 e. The molecule has 0 aliphatic rings. The van der Waals surface area contributed by atoms with Crippen LogP contribution in [0.2, 0.25) is 5.02 Å². The van der Waals surface area contributed by atoms with Crippen LogP contribution in [0.15, 0.2) is 164 Å². The maximum atomic E-state index is 6.36. The third kappa shape index (κ3) is 5.88. The Balaban J connectivity index is 1.37. The Labute approximate surface area is 257 Å². The van der Waals surface area contributed by atoms with E-state index >= 15 is 0 Å². The Hall–Kier alpha value is -5.31. The zero-order chi connectivity index (χ0) is 29.0. The number of hydrogen-bond acceptors (Lipinski definition) is 2. The summed E-state index contributed by atoms with van der Waals surface area (Å²) in [7, 11) is 0. The molecular weight excluding hydrogens is 544 g/mol. The molecule has 0 radical (unpaired) electrons. The van der Waals surface area contributed by atoms with E-state index in [-0.39, 0.29) is 0 Å². The molecule has 1 aromatic heterocycles. The molecule has 2 nitrogen and oxygen atoms in total. The first kappa shape index (κ1) is 26.6. The lowest BCUT2D eigenvalue weighted by Crippen LogP contribution is -1.96. The normalized spacial score (nSPS) is 10.9. The Morgan fingerprint density at radius 2 is 0.721 bits per heavy atom. The highest BCUT2D eigenvalue weighted by atomic mass is 35.5. The molecule has 204 valence electrons. The van der Waals surface area contributed by atoms with Crippen molar-refractivity contribution in [1.29, 1.82) is 0 Å². The molecule has 1 heterocycles. The van der Waals surface area contributed by atoms with Gasteiger partial charge in [-0.05, 0) is 75.8 Å². The van der Waals surface area contributed by atoms with Gasteiger partial charge in [0.05, 0.1) is 11.4 Å². The van der Waals surface area contributed by atoms with E-state index < -0.39 is 0 Å². The van der Waals surface area contributed by atoms with Gasteiger partial charge in [-0.1, -0.05) is 133 Å². The lowest BCUT2D eigenvalue weighted by Gasteiger charge is -2.13. The van der Waals surface area contributed by atoms with Gasteiger partial charge in [0.15, 0.2) is 5.82 Å². The second-order valence-corrected chi connectivity index (χ2v) is 10.9. The summed E-state index contributed by atoms with van der Waals surface area (Å²) < 4.78 is 0. The van der Waals surface area contributed by atoms with Crippen LogP contribution in [-0.2, 0) is 0 Å². The molecule has 6 aromatic carbocycles. The topological polar surface area (TPSA) is 25.8 Å². The molecule has 3 heteroatoms. The average molecular weight is 571 g/mol. The first-order chi connectivity index (χ1) is 21.2. The van der Waals surface area contributed by atoms with Gasteiger partial charge in [-0.15, -0.1) is 0 Å². The summed E-state index contributed by atoms with van der Waals surface area (Å²) in [5.74, 6) is 0.640. The van der Waals surface area contributed by atoms with Gasteiger partial charge in [0.2, 0.25) is 0 Å². The Kier molecular flexibility index (Phi) is 7.35. The van der Waals surface area contributed by atoms with Crippen molar-refractivity contribution in [2.75, 3.05) is 0 Å². The number of hydrogen-bond donors (Lipinski definition) is 0. The highest BCUT2D eigenvalue weighted by molar-refractivity contribution is 6.30. The van der Waals surface area contributed by atoms with Crippen LogP contribution >= 0.6 is 11.6 Å². The molecule has 43 heavy (non-hydrogen) atoms. The van der Waals surface area contributed by atoms with E-state index in [1.54, 1.807) is 0 Å². The predicted octanol–water partition coefficient (Wildman–Crippen LogP) is 11.1. The fraction of sp³-hybridized carbons (Fsp3) is 0. The highest BCUT2D eigenvalue weighted by Crippen LogP contribution is 2.35. The van der Waals surface area contributed by atoms with Crippen LogP contribution in [0.3, 0.4) is 0 Å². The number of nitrogens with zero attached hydrogens (tertiary/aromatic N) is 2. The summed E-state index contributed by atoms with van der Waals surface area (Å²) in [6, 6.07) is 56.5. The molecule has 0 saturated carbocycles. The van der Waals surface area contributed by atoms with Gasteiger partial charge in [0.25, 0.3) is 0 Å². The first-order valence-corrected chi connectivity index (χ1v) is 14.6. The van der Waals surface area contributed by atoms with E-state index in [9.17, 15) is 0 Å². The third-order valence-electron chi connectivity index (χ3n) is 7.52. The molecule has 7 rings (SSSR count). The van der Waals surface area contributed by atoms with Crippen molar-refractivity contribution >= 4 is 11.6 Å². The van der Waals surface area contributed by atoms with Crippen molar-refractivity contribution < 1.29 is 0 Å². The van der Waals surface area contributed by atoms with Gasteiger partial charge in [-0.3, -0.25) is 0 Å². The number of rotatable bonds is 6. The quantitative estimate of drug-likeness (QED) is 0.199. The van der Waals surface area contributed by atoms with Gasteiger partial charge in [0, 0.05) is 21.7 Å². The van der Waals surface area contributed by atoms with Gasteiger partial charge in [-0.25, -0.2) is 9.97 Å². The van der Waals surface area contributed by atoms with Crippen LogP contribution in [0, 0.1) is 0 Å². The molecule has 0 aliphatic carbocycles. The molecule has 0 saturated heterocycles. The molecule has 0 amide bonds. The monoisotopic (exact) mass is 570 g/mol. The number of aromatic nitrogens is 2. The van der Waals surface area contributed by atoms with Gasteiger partial charge < -0.3 is 0 Å². The summed E-state index contributed by atoms with van der Waals surface area (Å²) in [4.78, 5) is 9.98. The minimum Gasteiger partial charge on any atom is -0.228 e. The Bertz CT molecular complexity index is 1960. The molecule has 0 spiro atoms. The fourth-order valence-corrected chi connectivity index (χ4v) is 5.55. The fourth-order valence-electron chi connectivity index (χ4n) is 5.36. The van der Waals surface area contributed by atoms with E-state index in [2.05, 4.69) is 121 Å². The van der Waals surface area contributed by atoms with Crippen LogP contribution in [-0.4, -0.2) is 9.97 Å². The molecule has 0 bridgehead atoms. The van der Waals surface area contributed by atoms with Crippen molar-refractivity contribution in [3.05, 3.63) is 169 Å². The largest absolute Gasteiger partial charge is 0.228 e. The summed E-state index contributed by atoms with van der Waals surface area (Å²) >= 11 is 6.36. The second kappa shape index (κ2) is 11.9. The van der Waals surface area contributed by atoms with Crippen LogP contribution < -0.4 is 0 Å². The average Bonchev–Trinajstić information content (AvgIpc) is 3.09. The molecule has 0 N–H and O–H groups in total.